The van der Waals surface area contributed by atoms with Gasteiger partial charge in [-0.15, -0.1) is 0 Å². The predicted octanol–water partition coefficient (Wildman–Crippen LogP) is 4.64. The van der Waals surface area contributed by atoms with E-state index in [9.17, 15) is 4.79 Å². The smallest absolute Gasteiger partial charge is 0.247 e. The standard InChI is InChI=1S/C36H47N9O3/c1-4-36(46)41-30-19-31(40-34-21-35(39-24-38-34)45-29(11-17-48-45)18-26-6-5-12-37-22-26)33(47-3)20-32(30)42-13-9-27(10-14-42)43-15-16-44(25(2)23-43)28-7-8-28/h4-6,12,19-22,24-25,27-29H,1,7-11,13-18,23H2,2-3H3,(H,41,46)(H,38,39,40)/t25-,29-/m1/s1. The normalized spacial score (nSPS) is 22.5. The predicted molar refractivity (Wildman–Crippen MR) is 188 cm³/mol. The SMILES string of the molecule is C=CC(=O)Nc1cc(Nc2cc(N3OCC[C@@H]3Cc3cccnc3)ncn2)c(OC)cc1N1CCC(N2CCN(C3CC3)[C@H](C)C2)CC1. The van der Waals surface area contributed by atoms with Crippen LogP contribution in [0.2, 0.25) is 0 Å². The van der Waals surface area contributed by atoms with Crippen LogP contribution < -0.4 is 25.3 Å². The van der Waals surface area contributed by atoms with Crippen molar-refractivity contribution in [2.24, 2.45) is 0 Å². The van der Waals surface area contributed by atoms with Crippen molar-refractivity contribution in [1.29, 1.82) is 0 Å². The third-order valence-corrected chi connectivity index (χ3v) is 10.2. The number of aromatic nitrogens is 3. The Morgan fingerprint density at radius 3 is 2.65 bits per heavy atom. The van der Waals surface area contributed by atoms with Gasteiger partial charge in [-0.2, -0.15) is 0 Å². The lowest BCUT2D eigenvalue weighted by atomic mass is 9.99. The van der Waals surface area contributed by atoms with Crippen LogP contribution in [0.15, 0.2) is 61.7 Å². The average molecular weight is 654 g/mol. The van der Waals surface area contributed by atoms with Crippen LogP contribution in [0.1, 0.15) is 44.6 Å². The molecule has 3 aliphatic heterocycles. The van der Waals surface area contributed by atoms with Gasteiger partial charge >= 0.3 is 0 Å². The largest absolute Gasteiger partial charge is 0.494 e. The summed E-state index contributed by atoms with van der Waals surface area (Å²) in [5, 5.41) is 8.32. The molecule has 4 fully saturated rings. The first kappa shape index (κ1) is 32.3. The number of ether oxygens (including phenoxy) is 1. The second-order valence-corrected chi connectivity index (χ2v) is 13.3. The Bertz CT molecular complexity index is 1580. The van der Waals surface area contributed by atoms with Crippen molar-refractivity contribution in [2.75, 3.05) is 67.0 Å². The van der Waals surface area contributed by atoms with Crippen LogP contribution in [-0.2, 0) is 16.1 Å². The minimum Gasteiger partial charge on any atom is -0.494 e. The first-order valence-corrected chi connectivity index (χ1v) is 17.3. The molecule has 254 valence electrons. The van der Waals surface area contributed by atoms with Gasteiger partial charge in [-0.25, -0.2) is 15.0 Å². The first-order chi connectivity index (χ1) is 23.5. The van der Waals surface area contributed by atoms with Gasteiger partial charge in [0.2, 0.25) is 5.91 Å². The molecule has 2 atom stereocenters. The summed E-state index contributed by atoms with van der Waals surface area (Å²) in [4.78, 5) is 39.7. The summed E-state index contributed by atoms with van der Waals surface area (Å²) in [5.74, 6) is 1.64. The minimum absolute atomic E-state index is 0.131. The molecule has 3 aromatic rings. The molecule has 2 N–H and O–H groups in total. The Labute approximate surface area is 283 Å². The second-order valence-electron chi connectivity index (χ2n) is 13.3. The van der Waals surface area contributed by atoms with Crippen molar-refractivity contribution in [2.45, 2.75) is 69.6 Å². The molecule has 12 nitrogen and oxygen atoms in total. The molecule has 0 radical (unpaired) electrons. The van der Waals surface area contributed by atoms with E-state index in [1.54, 1.807) is 13.3 Å². The second kappa shape index (κ2) is 14.5. The molecule has 4 aliphatic rings. The third kappa shape index (κ3) is 7.25. The molecular weight excluding hydrogens is 606 g/mol. The van der Waals surface area contributed by atoms with Gasteiger partial charge in [0.05, 0.1) is 36.8 Å². The van der Waals surface area contributed by atoms with E-state index in [4.69, 9.17) is 9.57 Å². The van der Waals surface area contributed by atoms with Crippen molar-refractivity contribution in [3.63, 3.8) is 0 Å². The molecule has 1 aromatic carbocycles. The highest BCUT2D eigenvalue weighted by molar-refractivity contribution is 6.02. The molecule has 2 aromatic heterocycles. The highest BCUT2D eigenvalue weighted by Gasteiger charge is 2.37. The lowest BCUT2D eigenvalue weighted by Gasteiger charge is -2.46. The van der Waals surface area contributed by atoms with Gasteiger partial charge in [0.25, 0.3) is 0 Å². The summed E-state index contributed by atoms with van der Waals surface area (Å²) in [6.07, 6.45) is 13.1. The number of hydrogen-bond donors (Lipinski definition) is 2. The fraction of sp³-hybridized carbons (Fsp3) is 0.500. The number of methoxy groups -OCH3 is 1. The number of rotatable bonds is 11. The van der Waals surface area contributed by atoms with Crippen molar-refractivity contribution in [1.82, 2.24) is 24.8 Å². The van der Waals surface area contributed by atoms with Crippen molar-refractivity contribution < 1.29 is 14.4 Å². The van der Waals surface area contributed by atoms with Crippen LogP contribution >= 0.6 is 0 Å². The number of hydroxylamine groups is 1. The zero-order valence-electron chi connectivity index (χ0n) is 28.1. The molecular formula is C36H47N9O3. The lowest BCUT2D eigenvalue weighted by molar-refractivity contribution is -0.111. The van der Waals surface area contributed by atoms with Crippen LogP contribution in [-0.4, -0.2) is 101 Å². The van der Waals surface area contributed by atoms with Gasteiger partial charge < -0.3 is 20.3 Å². The number of nitrogens with one attached hydrogen (secondary N) is 2. The van der Waals surface area contributed by atoms with Crippen molar-refractivity contribution >= 4 is 34.6 Å². The van der Waals surface area contributed by atoms with Crippen LogP contribution in [0.5, 0.6) is 5.75 Å². The van der Waals surface area contributed by atoms with E-state index in [-0.39, 0.29) is 11.9 Å². The maximum Gasteiger partial charge on any atom is 0.247 e. The summed E-state index contributed by atoms with van der Waals surface area (Å²) in [7, 11) is 1.66. The Morgan fingerprint density at radius 1 is 1.06 bits per heavy atom. The van der Waals surface area contributed by atoms with E-state index in [2.05, 4.69) is 59.9 Å². The lowest BCUT2D eigenvalue weighted by Crippen LogP contribution is -2.57. The average Bonchev–Trinajstić information content (AvgIpc) is 3.86. The zero-order chi connectivity index (χ0) is 33.0. The number of hydrogen-bond acceptors (Lipinski definition) is 11. The number of carbonyl (C=O) groups excluding carboxylic acids is 1. The summed E-state index contributed by atoms with van der Waals surface area (Å²) in [5.41, 5.74) is 3.46. The fourth-order valence-corrected chi connectivity index (χ4v) is 7.55. The van der Waals surface area contributed by atoms with E-state index in [0.29, 0.717) is 47.5 Å². The van der Waals surface area contributed by atoms with E-state index in [0.717, 1.165) is 69.2 Å². The highest BCUT2D eigenvalue weighted by Crippen LogP contribution is 2.40. The molecule has 0 unspecified atom stereocenters. The summed E-state index contributed by atoms with van der Waals surface area (Å²) in [6, 6.07) is 12.0. The molecule has 0 bridgehead atoms. The van der Waals surface area contributed by atoms with Crippen LogP contribution in [0.25, 0.3) is 0 Å². The van der Waals surface area contributed by atoms with Gasteiger partial charge in [-0.3, -0.25) is 24.4 Å². The quantitative estimate of drug-likeness (QED) is 0.283. The number of piperazine rings is 1. The number of piperidine rings is 1. The zero-order valence-corrected chi connectivity index (χ0v) is 28.1. The fourth-order valence-electron chi connectivity index (χ4n) is 7.55. The Morgan fingerprint density at radius 2 is 1.92 bits per heavy atom. The number of pyridine rings is 1. The topological polar surface area (TPSA) is 111 Å². The summed E-state index contributed by atoms with van der Waals surface area (Å²) < 4.78 is 5.89. The Hall–Kier alpha value is -4.26. The molecule has 1 amide bonds. The number of nitrogens with zero attached hydrogens (tertiary/aromatic N) is 7. The molecule has 7 rings (SSSR count). The maximum absolute atomic E-state index is 12.6. The van der Waals surface area contributed by atoms with Gasteiger partial charge in [-0.1, -0.05) is 12.6 Å². The molecule has 3 saturated heterocycles. The molecule has 12 heteroatoms. The van der Waals surface area contributed by atoms with Gasteiger partial charge in [0, 0.05) is 75.4 Å². The van der Waals surface area contributed by atoms with E-state index in [1.165, 1.54) is 31.8 Å². The van der Waals surface area contributed by atoms with Gasteiger partial charge in [-0.05, 0) is 69.2 Å². The van der Waals surface area contributed by atoms with Crippen LogP contribution in [0, 0.1) is 0 Å². The molecule has 48 heavy (non-hydrogen) atoms. The summed E-state index contributed by atoms with van der Waals surface area (Å²) >= 11 is 0. The molecule has 5 heterocycles. The molecule has 0 spiro atoms. The molecule has 1 aliphatic carbocycles. The van der Waals surface area contributed by atoms with E-state index >= 15 is 0 Å². The third-order valence-electron chi connectivity index (χ3n) is 10.2. The van der Waals surface area contributed by atoms with Gasteiger partial charge in [0.15, 0.2) is 5.82 Å². The van der Waals surface area contributed by atoms with E-state index in [1.807, 2.05) is 35.5 Å². The highest BCUT2D eigenvalue weighted by atomic mass is 16.7. The maximum atomic E-state index is 12.6. The number of benzene rings is 1. The van der Waals surface area contributed by atoms with E-state index < -0.39 is 0 Å². The van der Waals surface area contributed by atoms with Gasteiger partial charge in [0.1, 0.15) is 17.9 Å². The summed E-state index contributed by atoms with van der Waals surface area (Å²) in [6.45, 7) is 12.0. The minimum atomic E-state index is -0.264. The Kier molecular flexibility index (Phi) is 9.73. The number of carbonyl (C=O) groups is 1. The molecule has 1 saturated carbocycles. The number of amides is 1. The monoisotopic (exact) mass is 653 g/mol. The van der Waals surface area contributed by atoms with Crippen LogP contribution in [0.4, 0.5) is 28.7 Å². The number of anilines is 5. The van der Waals surface area contributed by atoms with Crippen LogP contribution in [0.3, 0.4) is 0 Å². The van der Waals surface area contributed by atoms with Crippen molar-refractivity contribution in [3.8, 4) is 5.75 Å². The first-order valence-electron chi connectivity index (χ1n) is 17.3. The van der Waals surface area contributed by atoms with Crippen molar-refractivity contribution in [3.05, 3.63) is 67.3 Å². The Balaban J connectivity index is 1.06.